The van der Waals surface area contributed by atoms with Gasteiger partial charge >= 0.3 is 0 Å². The SMILES string of the molecule is C/C(=C\CCOC[C@H](O)[C@@H](O)[C@H](O)CO)CCCC(C)CCCC(C)C. The minimum absolute atomic E-state index is 0.0565. The van der Waals surface area contributed by atoms with Crippen LogP contribution in [-0.4, -0.2) is 58.6 Å². The molecule has 4 atom stereocenters. The number of hydrogen-bond donors (Lipinski definition) is 4. The van der Waals surface area contributed by atoms with Crippen LogP contribution in [0.5, 0.6) is 0 Å². The van der Waals surface area contributed by atoms with E-state index in [-0.39, 0.29) is 6.61 Å². The summed E-state index contributed by atoms with van der Waals surface area (Å²) >= 11 is 0. The normalized spacial score (nSPS) is 17.3. The molecule has 0 heterocycles. The Morgan fingerprint density at radius 2 is 1.62 bits per heavy atom. The molecular weight excluding hydrogens is 332 g/mol. The summed E-state index contributed by atoms with van der Waals surface area (Å²) in [4.78, 5) is 0. The van der Waals surface area contributed by atoms with E-state index in [2.05, 4.69) is 33.8 Å². The zero-order valence-corrected chi connectivity index (χ0v) is 17.2. The van der Waals surface area contributed by atoms with Crippen molar-refractivity contribution in [2.45, 2.75) is 91.0 Å². The van der Waals surface area contributed by atoms with Gasteiger partial charge in [-0.3, -0.25) is 0 Å². The molecule has 0 radical (unpaired) electrons. The summed E-state index contributed by atoms with van der Waals surface area (Å²) in [6, 6.07) is 0. The fourth-order valence-corrected chi connectivity index (χ4v) is 2.91. The largest absolute Gasteiger partial charge is 0.394 e. The lowest BCUT2D eigenvalue weighted by molar-refractivity contribution is -0.0992. The summed E-state index contributed by atoms with van der Waals surface area (Å²) in [7, 11) is 0. The Bertz CT molecular complexity index is 356. The molecule has 156 valence electrons. The van der Waals surface area contributed by atoms with Crippen LogP contribution in [0.25, 0.3) is 0 Å². The van der Waals surface area contributed by atoms with Crippen LogP contribution in [0.3, 0.4) is 0 Å². The van der Waals surface area contributed by atoms with E-state index in [1.165, 1.54) is 37.7 Å². The highest BCUT2D eigenvalue weighted by atomic mass is 16.5. The van der Waals surface area contributed by atoms with Gasteiger partial charge in [0.25, 0.3) is 0 Å². The van der Waals surface area contributed by atoms with Gasteiger partial charge in [0.1, 0.15) is 18.3 Å². The van der Waals surface area contributed by atoms with Gasteiger partial charge in [-0.15, -0.1) is 0 Å². The van der Waals surface area contributed by atoms with Crippen molar-refractivity contribution < 1.29 is 25.2 Å². The Morgan fingerprint density at radius 3 is 2.23 bits per heavy atom. The highest BCUT2D eigenvalue weighted by Gasteiger charge is 2.23. The summed E-state index contributed by atoms with van der Waals surface area (Å²) in [6.45, 7) is 8.87. The molecule has 0 saturated carbocycles. The van der Waals surface area contributed by atoms with Crippen LogP contribution >= 0.6 is 0 Å². The summed E-state index contributed by atoms with van der Waals surface area (Å²) in [5, 5.41) is 37.1. The highest BCUT2D eigenvalue weighted by molar-refractivity contribution is 4.97. The highest BCUT2D eigenvalue weighted by Crippen LogP contribution is 2.19. The molecule has 0 aromatic carbocycles. The quantitative estimate of drug-likeness (QED) is 0.246. The Kier molecular flexibility index (Phi) is 15.3. The van der Waals surface area contributed by atoms with Gasteiger partial charge in [0.2, 0.25) is 0 Å². The van der Waals surface area contributed by atoms with E-state index in [1.54, 1.807) is 0 Å². The lowest BCUT2D eigenvalue weighted by Crippen LogP contribution is -2.41. The first-order chi connectivity index (χ1) is 12.3. The van der Waals surface area contributed by atoms with Gasteiger partial charge in [0, 0.05) is 0 Å². The summed E-state index contributed by atoms with van der Waals surface area (Å²) in [5.74, 6) is 1.60. The van der Waals surface area contributed by atoms with Crippen LogP contribution in [0.1, 0.15) is 72.6 Å². The molecule has 0 fully saturated rings. The van der Waals surface area contributed by atoms with E-state index in [0.29, 0.717) is 6.61 Å². The Labute approximate surface area is 160 Å². The van der Waals surface area contributed by atoms with Crippen molar-refractivity contribution in [1.82, 2.24) is 0 Å². The van der Waals surface area contributed by atoms with E-state index in [0.717, 1.165) is 24.7 Å². The Balaban J connectivity index is 3.73. The molecule has 5 nitrogen and oxygen atoms in total. The standard InChI is InChI=1S/C21H42O5/c1-16(2)8-5-9-17(3)10-6-11-18(4)12-7-13-26-15-20(24)21(25)19(23)14-22/h12,16-17,19-25H,5-11,13-15H2,1-4H3/b18-12+/t17?,19-,20+,21+/m1/s1. The maximum atomic E-state index is 9.63. The molecular formula is C21H42O5. The average Bonchev–Trinajstić information content (AvgIpc) is 2.59. The van der Waals surface area contributed by atoms with Gasteiger partial charge < -0.3 is 25.2 Å². The molecule has 0 spiro atoms. The molecule has 4 N–H and O–H groups in total. The van der Waals surface area contributed by atoms with Gasteiger partial charge in [-0.1, -0.05) is 58.1 Å². The smallest absolute Gasteiger partial charge is 0.110 e. The molecule has 1 unspecified atom stereocenters. The third-order valence-corrected chi connectivity index (χ3v) is 4.77. The van der Waals surface area contributed by atoms with Crippen LogP contribution < -0.4 is 0 Å². The van der Waals surface area contributed by atoms with Crippen LogP contribution in [0, 0.1) is 11.8 Å². The van der Waals surface area contributed by atoms with Crippen molar-refractivity contribution in [1.29, 1.82) is 0 Å². The van der Waals surface area contributed by atoms with Crippen molar-refractivity contribution in [3.05, 3.63) is 11.6 Å². The Hall–Kier alpha value is -0.460. The molecule has 0 aliphatic rings. The lowest BCUT2D eigenvalue weighted by Gasteiger charge is -2.21. The predicted molar refractivity (Wildman–Crippen MR) is 106 cm³/mol. The summed E-state index contributed by atoms with van der Waals surface area (Å²) in [6.07, 6.45) is 6.59. The maximum absolute atomic E-state index is 9.63. The molecule has 0 saturated heterocycles. The van der Waals surface area contributed by atoms with E-state index >= 15 is 0 Å². The van der Waals surface area contributed by atoms with Gasteiger partial charge in [-0.25, -0.2) is 0 Å². The van der Waals surface area contributed by atoms with Crippen molar-refractivity contribution in [2.24, 2.45) is 11.8 Å². The molecule has 0 aromatic heterocycles. The number of aliphatic hydroxyl groups excluding tert-OH is 4. The molecule has 5 heteroatoms. The van der Waals surface area contributed by atoms with Gasteiger partial charge in [0.05, 0.1) is 19.8 Å². The van der Waals surface area contributed by atoms with Crippen molar-refractivity contribution >= 4 is 0 Å². The Morgan fingerprint density at radius 1 is 0.962 bits per heavy atom. The summed E-state index contributed by atoms with van der Waals surface area (Å²) in [5.41, 5.74) is 1.36. The molecule has 0 amide bonds. The number of aliphatic hydroxyl groups is 4. The third kappa shape index (κ3) is 13.7. The summed E-state index contributed by atoms with van der Waals surface area (Å²) < 4.78 is 5.32. The van der Waals surface area contributed by atoms with Gasteiger partial charge in [-0.05, 0) is 38.0 Å². The number of ether oxygens (including phenoxy) is 1. The van der Waals surface area contributed by atoms with Crippen molar-refractivity contribution in [3.8, 4) is 0 Å². The first-order valence-corrected chi connectivity index (χ1v) is 10.2. The molecule has 0 aliphatic carbocycles. The molecule has 0 rings (SSSR count). The lowest BCUT2D eigenvalue weighted by atomic mass is 9.94. The van der Waals surface area contributed by atoms with Crippen molar-refractivity contribution in [3.63, 3.8) is 0 Å². The van der Waals surface area contributed by atoms with E-state index < -0.39 is 24.9 Å². The van der Waals surface area contributed by atoms with E-state index in [4.69, 9.17) is 9.84 Å². The van der Waals surface area contributed by atoms with Crippen molar-refractivity contribution in [2.75, 3.05) is 19.8 Å². The second-order valence-electron chi connectivity index (χ2n) is 8.04. The zero-order valence-electron chi connectivity index (χ0n) is 17.2. The fourth-order valence-electron chi connectivity index (χ4n) is 2.91. The maximum Gasteiger partial charge on any atom is 0.110 e. The van der Waals surface area contributed by atoms with Crippen LogP contribution in [0.15, 0.2) is 11.6 Å². The molecule has 0 aromatic rings. The van der Waals surface area contributed by atoms with Crippen LogP contribution in [-0.2, 0) is 4.74 Å². The molecule has 26 heavy (non-hydrogen) atoms. The molecule has 0 aliphatic heterocycles. The fraction of sp³-hybridized carbons (Fsp3) is 0.905. The topological polar surface area (TPSA) is 90.2 Å². The first kappa shape index (κ1) is 25.5. The average molecular weight is 375 g/mol. The second kappa shape index (κ2) is 15.6. The van der Waals surface area contributed by atoms with Crippen LogP contribution in [0.2, 0.25) is 0 Å². The first-order valence-electron chi connectivity index (χ1n) is 10.2. The third-order valence-electron chi connectivity index (χ3n) is 4.77. The predicted octanol–water partition coefficient (Wildman–Crippen LogP) is 3.05. The van der Waals surface area contributed by atoms with Gasteiger partial charge in [0.15, 0.2) is 0 Å². The minimum atomic E-state index is -1.39. The number of hydrogen-bond acceptors (Lipinski definition) is 5. The zero-order chi connectivity index (χ0) is 19.9. The van der Waals surface area contributed by atoms with Gasteiger partial charge in [-0.2, -0.15) is 0 Å². The van der Waals surface area contributed by atoms with E-state index in [1.807, 2.05) is 0 Å². The molecule has 0 bridgehead atoms. The number of allylic oxidation sites excluding steroid dienone is 1. The number of rotatable bonds is 16. The van der Waals surface area contributed by atoms with E-state index in [9.17, 15) is 15.3 Å². The minimum Gasteiger partial charge on any atom is -0.394 e. The second-order valence-corrected chi connectivity index (χ2v) is 8.04. The monoisotopic (exact) mass is 374 g/mol. The van der Waals surface area contributed by atoms with Crippen LogP contribution in [0.4, 0.5) is 0 Å².